The Morgan fingerprint density at radius 3 is 2.29 bits per heavy atom. The molecule has 0 spiro atoms. The Bertz CT molecular complexity index is 1120. The number of hydrogen-bond acceptors (Lipinski definition) is 5. The summed E-state index contributed by atoms with van der Waals surface area (Å²) in [6.45, 7) is 3.53. The van der Waals surface area contributed by atoms with Crippen molar-refractivity contribution in [2.45, 2.75) is 12.6 Å². The van der Waals surface area contributed by atoms with Crippen LogP contribution in [0.3, 0.4) is 0 Å². The van der Waals surface area contributed by atoms with Crippen molar-refractivity contribution in [3.05, 3.63) is 95.0 Å². The summed E-state index contributed by atoms with van der Waals surface area (Å²) in [7, 11) is 0. The Morgan fingerprint density at radius 2 is 1.63 bits per heavy atom. The highest BCUT2D eigenvalue weighted by Crippen LogP contribution is 2.23. The Labute approximate surface area is 208 Å². The summed E-state index contributed by atoms with van der Waals surface area (Å²) in [4.78, 5) is 33.5. The van der Waals surface area contributed by atoms with Crippen molar-refractivity contribution >= 4 is 29.1 Å². The van der Waals surface area contributed by atoms with Crippen LogP contribution in [0.2, 0.25) is 5.02 Å². The van der Waals surface area contributed by atoms with Crippen LogP contribution in [0.4, 0.5) is 10.1 Å². The first kappa shape index (κ1) is 24.6. The quantitative estimate of drug-likeness (QED) is 0.492. The SMILES string of the molecule is O=C(NCc1ccc(Cl)cc1)C(=O)NC[C@H](c1cccnc1)N1CCN(c2ccc(F)cc2)CC1. The topological polar surface area (TPSA) is 77.6 Å². The van der Waals surface area contributed by atoms with Gasteiger partial charge in [0, 0.05) is 62.4 Å². The first-order valence-electron chi connectivity index (χ1n) is 11.4. The average molecular weight is 496 g/mol. The molecular weight excluding hydrogens is 469 g/mol. The molecule has 0 bridgehead atoms. The predicted molar refractivity (Wildman–Crippen MR) is 133 cm³/mol. The van der Waals surface area contributed by atoms with Crippen molar-refractivity contribution in [1.29, 1.82) is 0 Å². The highest BCUT2D eigenvalue weighted by atomic mass is 35.5. The lowest BCUT2D eigenvalue weighted by molar-refractivity contribution is -0.139. The smallest absolute Gasteiger partial charge is 0.309 e. The Hall–Kier alpha value is -3.49. The zero-order chi connectivity index (χ0) is 24.6. The lowest BCUT2D eigenvalue weighted by Gasteiger charge is -2.40. The summed E-state index contributed by atoms with van der Waals surface area (Å²) in [6, 6.07) is 17.3. The molecule has 1 aliphatic heterocycles. The number of nitrogens with zero attached hydrogens (tertiary/aromatic N) is 3. The minimum Gasteiger partial charge on any atom is -0.369 e. The number of aromatic nitrogens is 1. The Morgan fingerprint density at radius 1 is 0.943 bits per heavy atom. The number of benzene rings is 2. The van der Waals surface area contributed by atoms with E-state index >= 15 is 0 Å². The van der Waals surface area contributed by atoms with Crippen LogP contribution in [0.1, 0.15) is 17.2 Å². The van der Waals surface area contributed by atoms with Gasteiger partial charge in [-0.25, -0.2) is 4.39 Å². The van der Waals surface area contributed by atoms with Gasteiger partial charge in [0.2, 0.25) is 0 Å². The minimum atomic E-state index is -0.689. The number of halogens is 2. The second-order valence-electron chi connectivity index (χ2n) is 8.32. The van der Waals surface area contributed by atoms with E-state index in [2.05, 4.69) is 25.4 Å². The van der Waals surface area contributed by atoms with Gasteiger partial charge in [-0.2, -0.15) is 0 Å². The van der Waals surface area contributed by atoms with Crippen LogP contribution in [-0.2, 0) is 16.1 Å². The molecule has 4 rings (SSSR count). The fourth-order valence-electron chi connectivity index (χ4n) is 4.11. The van der Waals surface area contributed by atoms with Crippen molar-refractivity contribution in [3.8, 4) is 0 Å². The van der Waals surface area contributed by atoms with Crippen molar-refractivity contribution in [3.63, 3.8) is 0 Å². The van der Waals surface area contributed by atoms with Crippen molar-refractivity contribution in [2.75, 3.05) is 37.6 Å². The summed E-state index contributed by atoms with van der Waals surface area (Å²) >= 11 is 5.88. The van der Waals surface area contributed by atoms with Crippen molar-refractivity contribution in [2.24, 2.45) is 0 Å². The van der Waals surface area contributed by atoms with Gasteiger partial charge in [0.15, 0.2) is 0 Å². The summed E-state index contributed by atoms with van der Waals surface area (Å²) < 4.78 is 13.3. The van der Waals surface area contributed by atoms with E-state index in [4.69, 9.17) is 11.6 Å². The maximum atomic E-state index is 13.3. The highest BCUT2D eigenvalue weighted by Gasteiger charge is 2.26. The van der Waals surface area contributed by atoms with E-state index in [1.54, 1.807) is 48.8 Å². The van der Waals surface area contributed by atoms with Crippen LogP contribution in [0, 0.1) is 5.82 Å². The van der Waals surface area contributed by atoms with E-state index < -0.39 is 11.8 Å². The summed E-state index contributed by atoms with van der Waals surface area (Å²) in [6.07, 6.45) is 3.49. The highest BCUT2D eigenvalue weighted by molar-refractivity contribution is 6.35. The molecule has 0 radical (unpaired) electrons. The van der Waals surface area contributed by atoms with Gasteiger partial charge < -0.3 is 15.5 Å². The zero-order valence-corrected chi connectivity index (χ0v) is 19.9. The van der Waals surface area contributed by atoms with Crippen LogP contribution in [0.15, 0.2) is 73.1 Å². The third-order valence-electron chi connectivity index (χ3n) is 6.04. The third-order valence-corrected chi connectivity index (χ3v) is 6.30. The molecule has 182 valence electrons. The van der Waals surface area contributed by atoms with Gasteiger partial charge in [0.05, 0.1) is 6.04 Å². The summed E-state index contributed by atoms with van der Waals surface area (Å²) in [5.41, 5.74) is 2.79. The van der Waals surface area contributed by atoms with E-state index in [0.717, 1.165) is 43.0 Å². The number of carbonyl (C=O) groups excluding carboxylic acids is 2. The molecule has 35 heavy (non-hydrogen) atoms. The standard InChI is InChI=1S/C26H27ClFN5O2/c27-21-5-3-19(4-6-21)16-30-25(34)26(35)31-18-24(20-2-1-11-29-17-20)33-14-12-32(13-15-33)23-9-7-22(28)8-10-23/h1-11,17,24H,12-16,18H2,(H,30,34)(H,31,35)/t24-/m1/s1. The van der Waals surface area contributed by atoms with Gasteiger partial charge in [0.1, 0.15) is 5.82 Å². The predicted octanol–water partition coefficient (Wildman–Crippen LogP) is 3.17. The van der Waals surface area contributed by atoms with Gasteiger partial charge >= 0.3 is 11.8 Å². The lowest BCUT2D eigenvalue weighted by Crippen LogP contribution is -2.50. The first-order chi connectivity index (χ1) is 17.0. The third kappa shape index (κ3) is 6.77. The average Bonchev–Trinajstić information content (AvgIpc) is 2.89. The van der Waals surface area contributed by atoms with Crippen LogP contribution in [0.5, 0.6) is 0 Å². The van der Waals surface area contributed by atoms with E-state index in [-0.39, 0.29) is 24.9 Å². The number of piperazine rings is 1. The summed E-state index contributed by atoms with van der Waals surface area (Å²) in [5, 5.41) is 6.02. The molecule has 2 aromatic carbocycles. The normalized spacial score (nSPS) is 14.9. The fraction of sp³-hybridized carbons (Fsp3) is 0.269. The van der Waals surface area contributed by atoms with E-state index in [1.165, 1.54) is 12.1 Å². The number of rotatable bonds is 7. The minimum absolute atomic E-state index is 0.132. The molecule has 2 heterocycles. The number of carbonyl (C=O) groups is 2. The van der Waals surface area contributed by atoms with E-state index in [1.807, 2.05) is 12.1 Å². The molecule has 0 saturated carbocycles. The molecule has 1 aliphatic rings. The molecule has 9 heteroatoms. The molecule has 1 atom stereocenters. The molecule has 2 amide bonds. The van der Waals surface area contributed by atoms with Crippen LogP contribution in [0.25, 0.3) is 0 Å². The Kier molecular flexibility index (Phi) is 8.28. The second-order valence-corrected chi connectivity index (χ2v) is 8.76. The Balaban J connectivity index is 1.34. The van der Waals surface area contributed by atoms with Crippen LogP contribution >= 0.6 is 11.6 Å². The molecule has 0 aliphatic carbocycles. The van der Waals surface area contributed by atoms with E-state index in [0.29, 0.717) is 5.02 Å². The van der Waals surface area contributed by atoms with E-state index in [9.17, 15) is 14.0 Å². The van der Waals surface area contributed by atoms with Gasteiger partial charge in [0.25, 0.3) is 0 Å². The molecule has 0 unspecified atom stereocenters. The van der Waals surface area contributed by atoms with Gasteiger partial charge in [-0.05, 0) is 53.6 Å². The second kappa shape index (κ2) is 11.8. The van der Waals surface area contributed by atoms with Crippen molar-refractivity contribution in [1.82, 2.24) is 20.5 Å². The van der Waals surface area contributed by atoms with Gasteiger partial charge in [-0.3, -0.25) is 19.5 Å². The molecule has 1 fully saturated rings. The number of pyridine rings is 1. The number of amides is 2. The van der Waals surface area contributed by atoms with Crippen LogP contribution < -0.4 is 15.5 Å². The molecule has 1 aromatic heterocycles. The molecule has 7 nitrogen and oxygen atoms in total. The number of anilines is 1. The monoisotopic (exact) mass is 495 g/mol. The van der Waals surface area contributed by atoms with Crippen molar-refractivity contribution < 1.29 is 14.0 Å². The molecule has 3 aromatic rings. The maximum Gasteiger partial charge on any atom is 0.309 e. The van der Waals surface area contributed by atoms with Crippen LogP contribution in [-0.4, -0.2) is 54.4 Å². The largest absolute Gasteiger partial charge is 0.369 e. The number of hydrogen-bond donors (Lipinski definition) is 2. The maximum absolute atomic E-state index is 13.3. The molecule has 2 N–H and O–H groups in total. The first-order valence-corrected chi connectivity index (χ1v) is 11.8. The molecule has 1 saturated heterocycles. The number of nitrogens with one attached hydrogen (secondary N) is 2. The van der Waals surface area contributed by atoms with Gasteiger partial charge in [-0.1, -0.05) is 29.8 Å². The van der Waals surface area contributed by atoms with Gasteiger partial charge in [-0.15, -0.1) is 0 Å². The lowest BCUT2D eigenvalue weighted by atomic mass is 10.1. The molecular formula is C26H27ClFN5O2. The summed E-state index contributed by atoms with van der Waals surface area (Å²) in [5.74, 6) is -1.62. The zero-order valence-electron chi connectivity index (χ0n) is 19.2. The fourth-order valence-corrected chi connectivity index (χ4v) is 4.24.